The SMILES string of the molecule is COc1ccc(NC(=O)C2Cc3ccc(C)cc3S2)cc1NS(C)(=O)=O. The van der Waals surface area contributed by atoms with Crippen molar-refractivity contribution in [1.29, 1.82) is 0 Å². The smallest absolute Gasteiger partial charge is 0.238 e. The summed E-state index contributed by atoms with van der Waals surface area (Å²) in [5.74, 6) is 0.269. The molecule has 1 heterocycles. The van der Waals surface area contributed by atoms with Crippen molar-refractivity contribution >= 4 is 39.1 Å². The first-order valence-corrected chi connectivity index (χ1v) is 10.7. The molecule has 0 aliphatic carbocycles. The fourth-order valence-corrected chi connectivity index (χ4v) is 4.62. The number of aryl methyl sites for hydroxylation is 1. The van der Waals surface area contributed by atoms with Crippen LogP contribution in [0.3, 0.4) is 0 Å². The molecule has 2 N–H and O–H groups in total. The summed E-state index contributed by atoms with van der Waals surface area (Å²) in [4.78, 5) is 13.8. The molecule has 1 aliphatic rings. The predicted molar refractivity (Wildman–Crippen MR) is 105 cm³/mol. The fourth-order valence-electron chi connectivity index (χ4n) is 2.77. The maximum atomic E-state index is 12.6. The summed E-state index contributed by atoms with van der Waals surface area (Å²) in [5.41, 5.74) is 3.14. The van der Waals surface area contributed by atoms with Gasteiger partial charge in [0.2, 0.25) is 15.9 Å². The van der Waals surface area contributed by atoms with Crippen molar-refractivity contribution < 1.29 is 17.9 Å². The van der Waals surface area contributed by atoms with E-state index in [4.69, 9.17) is 4.74 Å². The van der Waals surface area contributed by atoms with Gasteiger partial charge in [-0.05, 0) is 43.2 Å². The number of nitrogens with one attached hydrogen (secondary N) is 2. The lowest BCUT2D eigenvalue weighted by Gasteiger charge is -2.14. The van der Waals surface area contributed by atoms with Crippen LogP contribution in [0.25, 0.3) is 0 Å². The zero-order valence-electron chi connectivity index (χ0n) is 14.7. The van der Waals surface area contributed by atoms with Gasteiger partial charge in [0.15, 0.2) is 0 Å². The second-order valence-electron chi connectivity index (χ2n) is 6.20. The van der Waals surface area contributed by atoms with Gasteiger partial charge in [0.1, 0.15) is 5.75 Å². The van der Waals surface area contributed by atoms with E-state index < -0.39 is 10.0 Å². The van der Waals surface area contributed by atoms with Crippen LogP contribution in [-0.4, -0.2) is 32.9 Å². The van der Waals surface area contributed by atoms with Crippen LogP contribution in [0.2, 0.25) is 0 Å². The molecule has 6 nitrogen and oxygen atoms in total. The van der Waals surface area contributed by atoms with Gasteiger partial charge in [0, 0.05) is 10.6 Å². The number of hydrogen-bond donors (Lipinski definition) is 2. The van der Waals surface area contributed by atoms with Crippen LogP contribution in [0.4, 0.5) is 11.4 Å². The highest BCUT2D eigenvalue weighted by atomic mass is 32.2. The van der Waals surface area contributed by atoms with Gasteiger partial charge >= 0.3 is 0 Å². The van der Waals surface area contributed by atoms with Crippen LogP contribution in [-0.2, 0) is 21.2 Å². The van der Waals surface area contributed by atoms with E-state index in [2.05, 4.69) is 22.2 Å². The Morgan fingerprint density at radius 2 is 2.00 bits per heavy atom. The van der Waals surface area contributed by atoms with E-state index in [0.29, 0.717) is 17.9 Å². The van der Waals surface area contributed by atoms with Crippen LogP contribution in [0.5, 0.6) is 5.75 Å². The summed E-state index contributed by atoms with van der Waals surface area (Å²) in [6.07, 6.45) is 1.74. The Morgan fingerprint density at radius 1 is 1.23 bits per heavy atom. The van der Waals surface area contributed by atoms with E-state index >= 15 is 0 Å². The van der Waals surface area contributed by atoms with Gasteiger partial charge in [-0.1, -0.05) is 17.7 Å². The number of ether oxygens (including phenoxy) is 1. The number of carbonyl (C=O) groups is 1. The average Bonchev–Trinajstić information content (AvgIpc) is 2.97. The molecular formula is C18H20N2O4S2. The number of benzene rings is 2. The summed E-state index contributed by atoms with van der Waals surface area (Å²) in [5, 5.41) is 2.65. The van der Waals surface area contributed by atoms with E-state index in [0.717, 1.165) is 11.2 Å². The monoisotopic (exact) mass is 392 g/mol. The molecule has 3 rings (SSSR count). The van der Waals surface area contributed by atoms with Crippen molar-refractivity contribution in [3.8, 4) is 5.75 Å². The highest BCUT2D eigenvalue weighted by Gasteiger charge is 2.28. The normalized spacial score (nSPS) is 16.0. The Bertz CT molecular complexity index is 958. The Labute approximate surface area is 157 Å². The van der Waals surface area contributed by atoms with Crippen molar-refractivity contribution in [2.75, 3.05) is 23.4 Å². The molecule has 0 radical (unpaired) electrons. The van der Waals surface area contributed by atoms with Crippen molar-refractivity contribution in [1.82, 2.24) is 0 Å². The number of sulfonamides is 1. The van der Waals surface area contributed by atoms with Gasteiger partial charge in [-0.3, -0.25) is 9.52 Å². The van der Waals surface area contributed by atoms with Gasteiger partial charge in [0.05, 0.1) is 24.3 Å². The second kappa shape index (κ2) is 7.20. The largest absolute Gasteiger partial charge is 0.495 e. The van der Waals surface area contributed by atoms with Gasteiger partial charge in [-0.2, -0.15) is 0 Å². The molecule has 0 spiro atoms. The Morgan fingerprint density at radius 3 is 2.69 bits per heavy atom. The highest BCUT2D eigenvalue weighted by Crippen LogP contribution is 2.38. The molecular weight excluding hydrogens is 372 g/mol. The zero-order chi connectivity index (χ0) is 18.9. The number of rotatable bonds is 5. The van der Waals surface area contributed by atoms with Crippen LogP contribution >= 0.6 is 11.8 Å². The van der Waals surface area contributed by atoms with E-state index in [1.54, 1.807) is 30.0 Å². The highest BCUT2D eigenvalue weighted by molar-refractivity contribution is 8.01. The first kappa shape index (κ1) is 18.6. The summed E-state index contributed by atoms with van der Waals surface area (Å²) in [7, 11) is -2.00. The molecule has 26 heavy (non-hydrogen) atoms. The van der Waals surface area contributed by atoms with Gasteiger partial charge in [0.25, 0.3) is 0 Å². The lowest BCUT2D eigenvalue weighted by molar-refractivity contribution is -0.115. The van der Waals surface area contributed by atoms with Gasteiger partial charge < -0.3 is 10.1 Å². The molecule has 1 aliphatic heterocycles. The molecule has 1 atom stereocenters. The summed E-state index contributed by atoms with van der Waals surface area (Å²) in [6, 6.07) is 11.0. The minimum atomic E-state index is -3.46. The molecule has 8 heteroatoms. The molecule has 1 amide bonds. The number of fused-ring (bicyclic) bond motifs is 1. The first-order valence-electron chi connectivity index (χ1n) is 7.98. The zero-order valence-corrected chi connectivity index (χ0v) is 16.3. The van der Waals surface area contributed by atoms with E-state index in [-0.39, 0.29) is 16.8 Å². The number of carbonyl (C=O) groups excluding carboxylic acids is 1. The van der Waals surface area contributed by atoms with Gasteiger partial charge in [-0.25, -0.2) is 8.42 Å². The number of amides is 1. The van der Waals surface area contributed by atoms with E-state index in [1.807, 2.05) is 13.0 Å². The minimum Gasteiger partial charge on any atom is -0.495 e. The third-order valence-electron chi connectivity index (χ3n) is 3.95. The van der Waals surface area contributed by atoms with Crippen LogP contribution in [0.1, 0.15) is 11.1 Å². The maximum Gasteiger partial charge on any atom is 0.238 e. The third kappa shape index (κ3) is 4.31. The summed E-state index contributed by atoms with van der Waals surface area (Å²) < 4.78 is 30.6. The topological polar surface area (TPSA) is 84.5 Å². The summed E-state index contributed by atoms with van der Waals surface area (Å²) >= 11 is 1.55. The molecule has 0 fully saturated rings. The molecule has 0 bridgehead atoms. The number of anilines is 2. The Kier molecular flexibility index (Phi) is 5.15. The maximum absolute atomic E-state index is 12.6. The van der Waals surface area contributed by atoms with Crippen LogP contribution in [0.15, 0.2) is 41.3 Å². The fraction of sp³-hybridized carbons (Fsp3) is 0.278. The van der Waals surface area contributed by atoms with Crippen molar-refractivity contribution in [2.24, 2.45) is 0 Å². The molecule has 138 valence electrons. The molecule has 0 aromatic heterocycles. The molecule has 0 saturated carbocycles. The van der Waals surface area contributed by atoms with E-state index in [1.165, 1.54) is 18.2 Å². The van der Waals surface area contributed by atoms with Gasteiger partial charge in [-0.15, -0.1) is 11.8 Å². The lowest BCUT2D eigenvalue weighted by Crippen LogP contribution is -2.24. The average molecular weight is 393 g/mol. The number of methoxy groups -OCH3 is 1. The molecule has 1 unspecified atom stereocenters. The standard InChI is InChI=1S/C18H20N2O4S2/c1-11-4-5-12-9-17(25-16(12)8-11)18(21)19-13-6-7-15(24-2)14(10-13)20-26(3,22)23/h4-8,10,17,20H,9H2,1-3H3,(H,19,21). The van der Waals surface area contributed by atoms with Crippen molar-refractivity contribution in [2.45, 2.75) is 23.5 Å². The van der Waals surface area contributed by atoms with E-state index in [9.17, 15) is 13.2 Å². The summed E-state index contributed by atoms with van der Waals surface area (Å²) in [6.45, 7) is 2.03. The number of hydrogen-bond acceptors (Lipinski definition) is 5. The minimum absolute atomic E-state index is 0.112. The predicted octanol–water partition coefficient (Wildman–Crippen LogP) is 3.03. The van der Waals surface area contributed by atoms with Crippen LogP contribution in [0, 0.1) is 6.92 Å². The van der Waals surface area contributed by atoms with Crippen LogP contribution < -0.4 is 14.8 Å². The molecule has 2 aromatic carbocycles. The Hall–Kier alpha value is -2.19. The van der Waals surface area contributed by atoms with Crippen molar-refractivity contribution in [3.63, 3.8) is 0 Å². The van der Waals surface area contributed by atoms with Crippen molar-refractivity contribution in [3.05, 3.63) is 47.5 Å². The number of thioether (sulfide) groups is 1. The molecule has 0 saturated heterocycles. The molecule has 2 aromatic rings. The quantitative estimate of drug-likeness (QED) is 0.817. The first-order chi connectivity index (χ1) is 12.2. The third-order valence-corrected chi connectivity index (χ3v) is 5.84. The second-order valence-corrected chi connectivity index (χ2v) is 9.19. The lowest BCUT2D eigenvalue weighted by atomic mass is 10.1. The Balaban J connectivity index is 1.75.